The molecule has 1 heterocycles. The Morgan fingerprint density at radius 2 is 2.44 bits per heavy atom. The van der Waals surface area contributed by atoms with Crippen molar-refractivity contribution in [2.75, 3.05) is 6.54 Å². The summed E-state index contributed by atoms with van der Waals surface area (Å²) < 4.78 is 0. The van der Waals surface area contributed by atoms with Crippen molar-refractivity contribution in [2.45, 2.75) is 32.7 Å². The van der Waals surface area contributed by atoms with Crippen LogP contribution in [-0.4, -0.2) is 23.8 Å². The number of hydrazone groups is 1. The van der Waals surface area contributed by atoms with E-state index in [1.807, 2.05) is 13.1 Å². The van der Waals surface area contributed by atoms with Crippen LogP contribution in [0.25, 0.3) is 0 Å². The van der Waals surface area contributed by atoms with Crippen molar-refractivity contribution < 1.29 is 0 Å². The van der Waals surface area contributed by atoms with E-state index in [4.69, 9.17) is 0 Å². The Morgan fingerprint density at radius 3 is 2.89 bits per heavy atom. The second-order valence-electron chi connectivity index (χ2n) is 2.53. The van der Waals surface area contributed by atoms with Crippen molar-refractivity contribution in [1.82, 2.24) is 5.01 Å². The van der Waals surface area contributed by atoms with Crippen molar-refractivity contribution in [2.24, 2.45) is 5.10 Å². The molecule has 0 aliphatic carbocycles. The molecule has 1 fully saturated rings. The van der Waals surface area contributed by atoms with Crippen molar-refractivity contribution in [3.05, 3.63) is 0 Å². The average molecular weight is 126 g/mol. The van der Waals surface area contributed by atoms with Crippen LogP contribution in [0.15, 0.2) is 5.10 Å². The maximum Gasteiger partial charge on any atom is 0.0443 e. The molecule has 0 N–H and O–H groups in total. The van der Waals surface area contributed by atoms with E-state index in [1.54, 1.807) is 0 Å². The highest BCUT2D eigenvalue weighted by atomic mass is 15.5. The normalized spacial score (nSPS) is 28.2. The molecule has 0 aromatic rings. The molecule has 0 aromatic heterocycles. The molecule has 2 heteroatoms. The number of rotatable bonds is 1. The van der Waals surface area contributed by atoms with Gasteiger partial charge in [-0.2, -0.15) is 5.10 Å². The fraction of sp³-hybridized carbons (Fsp3) is 0.857. The molecular weight excluding hydrogens is 112 g/mol. The van der Waals surface area contributed by atoms with Crippen LogP contribution in [0.2, 0.25) is 0 Å². The maximum atomic E-state index is 4.21. The van der Waals surface area contributed by atoms with Gasteiger partial charge in [-0.25, -0.2) is 0 Å². The molecule has 1 aliphatic rings. The minimum atomic E-state index is 0.668. The standard InChI is InChI=1S/C7H14N2/c1-3-8-9-6-4-5-7(9)2/h3,7H,4-6H2,1-2H3/b8-3+/t7-/m1/s1. The molecule has 0 saturated carbocycles. The first-order chi connectivity index (χ1) is 4.34. The first-order valence-corrected chi connectivity index (χ1v) is 3.60. The molecule has 1 rings (SSSR count). The number of hydrogen-bond acceptors (Lipinski definition) is 2. The van der Waals surface area contributed by atoms with Gasteiger partial charge in [0.25, 0.3) is 0 Å². The molecule has 1 saturated heterocycles. The van der Waals surface area contributed by atoms with Gasteiger partial charge >= 0.3 is 0 Å². The summed E-state index contributed by atoms with van der Waals surface area (Å²) in [7, 11) is 0. The summed E-state index contributed by atoms with van der Waals surface area (Å²) in [5, 5.41) is 6.37. The van der Waals surface area contributed by atoms with E-state index in [2.05, 4.69) is 17.0 Å². The van der Waals surface area contributed by atoms with Gasteiger partial charge in [0.1, 0.15) is 0 Å². The van der Waals surface area contributed by atoms with Gasteiger partial charge in [0.2, 0.25) is 0 Å². The van der Waals surface area contributed by atoms with Crippen LogP contribution >= 0.6 is 0 Å². The minimum absolute atomic E-state index is 0.668. The van der Waals surface area contributed by atoms with Crippen LogP contribution in [0.4, 0.5) is 0 Å². The summed E-state index contributed by atoms with van der Waals surface area (Å²) in [5.74, 6) is 0. The summed E-state index contributed by atoms with van der Waals surface area (Å²) in [6, 6.07) is 0.668. The Bertz CT molecular complexity index is 109. The van der Waals surface area contributed by atoms with E-state index < -0.39 is 0 Å². The SMILES string of the molecule is C/C=N/N1CCC[C@H]1C. The Labute approximate surface area is 56.5 Å². The van der Waals surface area contributed by atoms with Gasteiger partial charge in [-0.15, -0.1) is 0 Å². The lowest BCUT2D eigenvalue weighted by atomic mass is 10.3. The van der Waals surface area contributed by atoms with Crippen LogP contribution in [0.3, 0.4) is 0 Å². The molecule has 0 bridgehead atoms. The minimum Gasteiger partial charge on any atom is -0.295 e. The van der Waals surface area contributed by atoms with E-state index in [9.17, 15) is 0 Å². The van der Waals surface area contributed by atoms with E-state index in [0.717, 1.165) is 6.54 Å². The fourth-order valence-electron chi connectivity index (χ4n) is 1.24. The summed E-state index contributed by atoms with van der Waals surface area (Å²) >= 11 is 0. The zero-order chi connectivity index (χ0) is 6.69. The molecule has 1 atom stereocenters. The third kappa shape index (κ3) is 1.44. The van der Waals surface area contributed by atoms with Crippen LogP contribution in [0.5, 0.6) is 0 Å². The number of hydrogen-bond donors (Lipinski definition) is 0. The van der Waals surface area contributed by atoms with Gasteiger partial charge in [-0.1, -0.05) is 0 Å². The zero-order valence-corrected chi connectivity index (χ0v) is 6.17. The number of nitrogens with zero attached hydrogens (tertiary/aromatic N) is 2. The third-order valence-electron chi connectivity index (χ3n) is 1.78. The van der Waals surface area contributed by atoms with Gasteiger partial charge in [-0.05, 0) is 26.7 Å². The molecule has 2 nitrogen and oxygen atoms in total. The molecular formula is C7H14N2. The van der Waals surface area contributed by atoms with Crippen molar-refractivity contribution in [1.29, 1.82) is 0 Å². The van der Waals surface area contributed by atoms with E-state index in [1.165, 1.54) is 12.8 Å². The first kappa shape index (κ1) is 6.59. The first-order valence-electron chi connectivity index (χ1n) is 3.60. The Balaban J connectivity index is 2.39. The van der Waals surface area contributed by atoms with Crippen LogP contribution in [-0.2, 0) is 0 Å². The molecule has 0 aromatic carbocycles. The average Bonchev–Trinajstić information content (AvgIpc) is 2.18. The summed E-state index contributed by atoms with van der Waals surface area (Å²) in [6.07, 6.45) is 4.47. The van der Waals surface area contributed by atoms with Crippen molar-refractivity contribution in [3.63, 3.8) is 0 Å². The lowest BCUT2D eigenvalue weighted by Crippen LogP contribution is -2.20. The van der Waals surface area contributed by atoms with Crippen LogP contribution in [0.1, 0.15) is 26.7 Å². The maximum absolute atomic E-state index is 4.21. The molecule has 0 radical (unpaired) electrons. The molecule has 0 amide bonds. The van der Waals surface area contributed by atoms with Gasteiger partial charge in [-0.3, -0.25) is 5.01 Å². The smallest absolute Gasteiger partial charge is 0.0443 e. The Morgan fingerprint density at radius 1 is 1.67 bits per heavy atom. The predicted octanol–water partition coefficient (Wildman–Crippen LogP) is 1.48. The molecule has 52 valence electrons. The van der Waals surface area contributed by atoms with Gasteiger partial charge < -0.3 is 0 Å². The van der Waals surface area contributed by atoms with Gasteiger partial charge in [0, 0.05) is 18.8 Å². The molecule has 0 spiro atoms. The molecule has 1 aliphatic heterocycles. The highest BCUT2D eigenvalue weighted by Gasteiger charge is 2.16. The molecule has 9 heavy (non-hydrogen) atoms. The third-order valence-corrected chi connectivity index (χ3v) is 1.78. The lowest BCUT2D eigenvalue weighted by molar-refractivity contribution is 0.285. The van der Waals surface area contributed by atoms with E-state index >= 15 is 0 Å². The largest absolute Gasteiger partial charge is 0.295 e. The van der Waals surface area contributed by atoms with Crippen LogP contribution in [0, 0.1) is 0 Å². The topological polar surface area (TPSA) is 15.6 Å². The second kappa shape index (κ2) is 2.85. The highest BCUT2D eigenvalue weighted by Crippen LogP contribution is 2.15. The van der Waals surface area contributed by atoms with E-state index in [-0.39, 0.29) is 0 Å². The van der Waals surface area contributed by atoms with Crippen molar-refractivity contribution in [3.8, 4) is 0 Å². The van der Waals surface area contributed by atoms with Crippen molar-refractivity contribution >= 4 is 6.21 Å². The lowest BCUT2D eigenvalue weighted by Gasteiger charge is -2.15. The zero-order valence-electron chi connectivity index (χ0n) is 6.17. The summed E-state index contributed by atoms with van der Waals surface area (Å²) in [5.41, 5.74) is 0. The van der Waals surface area contributed by atoms with Crippen LogP contribution < -0.4 is 0 Å². The van der Waals surface area contributed by atoms with Gasteiger partial charge in [0.05, 0.1) is 0 Å². The van der Waals surface area contributed by atoms with E-state index in [0.29, 0.717) is 6.04 Å². The molecule has 0 unspecified atom stereocenters. The predicted molar refractivity (Wildman–Crippen MR) is 39.6 cm³/mol. The second-order valence-corrected chi connectivity index (χ2v) is 2.53. The Hall–Kier alpha value is -0.530. The quantitative estimate of drug-likeness (QED) is 0.486. The Kier molecular flexibility index (Phi) is 2.09. The highest BCUT2D eigenvalue weighted by molar-refractivity contribution is 5.52. The monoisotopic (exact) mass is 126 g/mol. The summed E-state index contributed by atoms with van der Waals surface area (Å²) in [6.45, 7) is 5.33. The van der Waals surface area contributed by atoms with Gasteiger partial charge in [0.15, 0.2) is 0 Å². The summed E-state index contributed by atoms with van der Waals surface area (Å²) in [4.78, 5) is 0. The fourth-order valence-corrected chi connectivity index (χ4v) is 1.24.